The van der Waals surface area contributed by atoms with Crippen LogP contribution in [0, 0.1) is 0 Å². The SMILES string of the molecule is CCO[C@H]1COC[C@@H]1NC(=O)c1ccn2nccc2c1. The van der Waals surface area contributed by atoms with E-state index in [-0.39, 0.29) is 18.1 Å². The van der Waals surface area contributed by atoms with E-state index in [0.29, 0.717) is 25.4 Å². The van der Waals surface area contributed by atoms with Crippen LogP contribution in [-0.2, 0) is 9.47 Å². The Balaban J connectivity index is 1.72. The fourth-order valence-electron chi connectivity index (χ4n) is 2.36. The largest absolute Gasteiger partial charge is 0.376 e. The number of rotatable bonds is 4. The minimum atomic E-state index is -0.117. The Morgan fingerprint density at radius 1 is 1.55 bits per heavy atom. The molecule has 1 N–H and O–H groups in total. The van der Waals surface area contributed by atoms with Gasteiger partial charge in [0, 0.05) is 24.6 Å². The van der Waals surface area contributed by atoms with Crippen molar-refractivity contribution in [1.29, 1.82) is 0 Å². The molecule has 2 aromatic rings. The molecule has 1 aliphatic heterocycles. The summed E-state index contributed by atoms with van der Waals surface area (Å²) in [5, 5.41) is 7.07. The molecule has 106 valence electrons. The fraction of sp³-hybridized carbons (Fsp3) is 0.429. The van der Waals surface area contributed by atoms with Gasteiger partial charge < -0.3 is 14.8 Å². The number of nitrogens with one attached hydrogen (secondary N) is 1. The third-order valence-corrected chi connectivity index (χ3v) is 3.39. The zero-order valence-corrected chi connectivity index (χ0v) is 11.3. The Kier molecular flexibility index (Phi) is 3.66. The summed E-state index contributed by atoms with van der Waals surface area (Å²) >= 11 is 0. The van der Waals surface area contributed by atoms with Gasteiger partial charge in [0.1, 0.15) is 6.10 Å². The molecule has 20 heavy (non-hydrogen) atoms. The van der Waals surface area contributed by atoms with Crippen molar-refractivity contribution in [3.63, 3.8) is 0 Å². The first kappa shape index (κ1) is 13.1. The van der Waals surface area contributed by atoms with Gasteiger partial charge in [-0.2, -0.15) is 5.10 Å². The monoisotopic (exact) mass is 275 g/mol. The van der Waals surface area contributed by atoms with Gasteiger partial charge in [-0.3, -0.25) is 4.79 Å². The molecule has 3 rings (SSSR count). The summed E-state index contributed by atoms with van der Waals surface area (Å²) in [7, 11) is 0. The standard InChI is InChI=1S/C14H17N3O3/c1-2-20-13-9-19-8-12(13)16-14(18)10-4-6-17-11(7-10)3-5-15-17/h3-7,12-13H,2,8-9H2,1H3,(H,16,18)/t12-,13-/m0/s1. The molecule has 6 nitrogen and oxygen atoms in total. The summed E-state index contributed by atoms with van der Waals surface area (Å²) in [6.07, 6.45) is 3.41. The topological polar surface area (TPSA) is 64.9 Å². The Hall–Kier alpha value is -1.92. The van der Waals surface area contributed by atoms with Crippen molar-refractivity contribution in [2.24, 2.45) is 0 Å². The highest BCUT2D eigenvalue weighted by molar-refractivity contribution is 5.95. The van der Waals surface area contributed by atoms with E-state index < -0.39 is 0 Å². The molecule has 0 radical (unpaired) electrons. The van der Waals surface area contributed by atoms with Crippen molar-refractivity contribution in [2.75, 3.05) is 19.8 Å². The zero-order chi connectivity index (χ0) is 13.9. The van der Waals surface area contributed by atoms with Gasteiger partial charge in [0.15, 0.2) is 0 Å². The van der Waals surface area contributed by atoms with Gasteiger partial charge in [-0.15, -0.1) is 0 Å². The van der Waals surface area contributed by atoms with Crippen molar-refractivity contribution in [3.8, 4) is 0 Å². The Morgan fingerprint density at radius 3 is 3.30 bits per heavy atom. The highest BCUT2D eigenvalue weighted by Gasteiger charge is 2.30. The van der Waals surface area contributed by atoms with E-state index in [1.165, 1.54) is 0 Å². The van der Waals surface area contributed by atoms with Crippen molar-refractivity contribution >= 4 is 11.4 Å². The minimum Gasteiger partial charge on any atom is -0.376 e. The molecule has 1 fully saturated rings. The second-order valence-electron chi connectivity index (χ2n) is 4.73. The van der Waals surface area contributed by atoms with Gasteiger partial charge in [-0.05, 0) is 25.1 Å². The van der Waals surface area contributed by atoms with E-state index in [1.54, 1.807) is 23.0 Å². The van der Waals surface area contributed by atoms with Gasteiger partial charge in [0.05, 0.1) is 24.8 Å². The van der Waals surface area contributed by atoms with Gasteiger partial charge in [0.2, 0.25) is 0 Å². The van der Waals surface area contributed by atoms with E-state index >= 15 is 0 Å². The average molecular weight is 275 g/mol. The van der Waals surface area contributed by atoms with Crippen LogP contribution in [-0.4, -0.2) is 47.5 Å². The van der Waals surface area contributed by atoms with Gasteiger partial charge in [0.25, 0.3) is 5.91 Å². The van der Waals surface area contributed by atoms with E-state index in [4.69, 9.17) is 9.47 Å². The van der Waals surface area contributed by atoms with Crippen LogP contribution in [0.3, 0.4) is 0 Å². The molecule has 1 amide bonds. The second-order valence-corrected chi connectivity index (χ2v) is 4.73. The van der Waals surface area contributed by atoms with Crippen LogP contribution in [0.2, 0.25) is 0 Å². The molecule has 1 aliphatic rings. The van der Waals surface area contributed by atoms with Gasteiger partial charge in [-0.25, -0.2) is 4.52 Å². The lowest BCUT2D eigenvalue weighted by atomic mass is 10.1. The first-order valence-corrected chi connectivity index (χ1v) is 6.71. The van der Waals surface area contributed by atoms with Crippen molar-refractivity contribution < 1.29 is 14.3 Å². The normalized spacial score (nSPS) is 22.2. The van der Waals surface area contributed by atoms with E-state index in [1.807, 2.05) is 19.1 Å². The second kappa shape index (κ2) is 5.60. The maximum atomic E-state index is 12.3. The number of nitrogens with zero attached hydrogens (tertiary/aromatic N) is 2. The number of pyridine rings is 1. The van der Waals surface area contributed by atoms with Crippen LogP contribution < -0.4 is 5.32 Å². The predicted molar refractivity (Wildman–Crippen MR) is 72.7 cm³/mol. The number of carbonyl (C=O) groups is 1. The molecule has 2 atom stereocenters. The summed E-state index contributed by atoms with van der Waals surface area (Å²) in [5.41, 5.74) is 1.50. The summed E-state index contributed by atoms with van der Waals surface area (Å²) in [6.45, 7) is 3.57. The number of carbonyl (C=O) groups excluding carboxylic acids is 1. The van der Waals surface area contributed by atoms with Crippen LogP contribution in [0.4, 0.5) is 0 Å². The molecule has 0 bridgehead atoms. The van der Waals surface area contributed by atoms with Crippen LogP contribution in [0.1, 0.15) is 17.3 Å². The quantitative estimate of drug-likeness (QED) is 0.899. The Bertz CT molecular complexity index is 610. The van der Waals surface area contributed by atoms with Gasteiger partial charge >= 0.3 is 0 Å². The molecule has 2 aromatic heterocycles. The maximum absolute atomic E-state index is 12.3. The molecular weight excluding hydrogens is 258 g/mol. The lowest BCUT2D eigenvalue weighted by Crippen LogP contribution is -2.43. The molecule has 0 saturated carbocycles. The number of hydrogen-bond acceptors (Lipinski definition) is 4. The number of hydrogen-bond donors (Lipinski definition) is 1. The number of aromatic nitrogens is 2. The third-order valence-electron chi connectivity index (χ3n) is 3.39. The molecule has 6 heteroatoms. The fourth-order valence-corrected chi connectivity index (χ4v) is 2.36. The number of ether oxygens (including phenoxy) is 2. The molecule has 0 aliphatic carbocycles. The first-order chi connectivity index (χ1) is 9.78. The minimum absolute atomic E-state index is 0.0670. The third kappa shape index (κ3) is 2.52. The molecule has 1 saturated heterocycles. The van der Waals surface area contributed by atoms with Crippen LogP contribution >= 0.6 is 0 Å². The van der Waals surface area contributed by atoms with Crippen LogP contribution in [0.25, 0.3) is 5.52 Å². The Labute approximate surface area is 116 Å². The summed E-state index contributed by atoms with van der Waals surface area (Å²) < 4.78 is 12.6. The smallest absolute Gasteiger partial charge is 0.251 e. The number of amides is 1. The summed E-state index contributed by atoms with van der Waals surface area (Å²) in [4.78, 5) is 12.3. The average Bonchev–Trinajstić information content (AvgIpc) is 3.07. The number of fused-ring (bicyclic) bond motifs is 1. The van der Waals surface area contributed by atoms with Crippen LogP contribution in [0.15, 0.2) is 30.6 Å². The molecule has 0 spiro atoms. The van der Waals surface area contributed by atoms with Crippen molar-refractivity contribution in [2.45, 2.75) is 19.1 Å². The predicted octanol–water partition coefficient (Wildman–Crippen LogP) is 0.868. The van der Waals surface area contributed by atoms with Gasteiger partial charge in [-0.1, -0.05) is 0 Å². The summed E-state index contributed by atoms with van der Waals surface area (Å²) in [6, 6.07) is 5.33. The Morgan fingerprint density at radius 2 is 2.45 bits per heavy atom. The lowest BCUT2D eigenvalue weighted by molar-refractivity contribution is 0.0402. The maximum Gasteiger partial charge on any atom is 0.251 e. The highest BCUT2D eigenvalue weighted by Crippen LogP contribution is 2.12. The van der Waals surface area contributed by atoms with Crippen molar-refractivity contribution in [3.05, 3.63) is 36.2 Å². The van der Waals surface area contributed by atoms with Crippen LogP contribution in [0.5, 0.6) is 0 Å². The first-order valence-electron chi connectivity index (χ1n) is 6.71. The zero-order valence-electron chi connectivity index (χ0n) is 11.3. The highest BCUT2D eigenvalue weighted by atomic mass is 16.5. The van der Waals surface area contributed by atoms with E-state index in [9.17, 15) is 4.79 Å². The lowest BCUT2D eigenvalue weighted by Gasteiger charge is -2.18. The molecule has 0 aromatic carbocycles. The molecule has 0 unspecified atom stereocenters. The molecule has 3 heterocycles. The van der Waals surface area contributed by atoms with Crippen molar-refractivity contribution in [1.82, 2.24) is 14.9 Å². The van der Waals surface area contributed by atoms with E-state index in [0.717, 1.165) is 5.52 Å². The van der Waals surface area contributed by atoms with E-state index in [2.05, 4.69) is 10.4 Å². The summed E-state index contributed by atoms with van der Waals surface area (Å²) in [5.74, 6) is -0.117. The molecular formula is C14H17N3O3.